The van der Waals surface area contributed by atoms with Gasteiger partial charge in [-0.1, -0.05) is 26.7 Å². The highest BCUT2D eigenvalue weighted by Crippen LogP contribution is 2.28. The minimum Gasteiger partial charge on any atom is -0.301 e. The smallest absolute Gasteiger partial charge is 0.0786 e. The Balaban J connectivity index is 1.74. The zero-order chi connectivity index (χ0) is 12.1. The molecular formula is C13H23N3O. The lowest BCUT2D eigenvalue weighted by Gasteiger charge is -2.09. The molecular weight excluding hydrogens is 214 g/mol. The number of nitrogens with one attached hydrogen (secondary N) is 1. The minimum atomic E-state index is 0.554. The second-order valence-corrected chi connectivity index (χ2v) is 5.25. The number of rotatable bonds is 6. The summed E-state index contributed by atoms with van der Waals surface area (Å²) in [7, 11) is 0. The lowest BCUT2D eigenvalue weighted by molar-refractivity contribution is 0.0189. The van der Waals surface area contributed by atoms with Crippen molar-refractivity contribution in [3.05, 3.63) is 18.0 Å². The molecule has 1 heterocycles. The van der Waals surface area contributed by atoms with Crippen molar-refractivity contribution in [3.8, 4) is 0 Å². The molecule has 1 fully saturated rings. The maximum atomic E-state index is 5.33. The first-order valence-corrected chi connectivity index (χ1v) is 6.64. The molecule has 4 heteroatoms. The van der Waals surface area contributed by atoms with Gasteiger partial charge in [0, 0.05) is 6.20 Å². The Labute approximate surface area is 103 Å². The van der Waals surface area contributed by atoms with E-state index >= 15 is 0 Å². The number of nitrogens with zero attached hydrogens (tertiary/aromatic N) is 2. The second kappa shape index (κ2) is 6.17. The maximum Gasteiger partial charge on any atom is 0.0786 e. The van der Waals surface area contributed by atoms with Crippen molar-refractivity contribution in [2.24, 2.45) is 5.92 Å². The molecule has 0 bridgehead atoms. The SMILES string of the molecule is CC(C)CONCc1ccn(C2CCCC2)n1. The van der Waals surface area contributed by atoms with E-state index in [4.69, 9.17) is 4.84 Å². The van der Waals surface area contributed by atoms with E-state index in [1.165, 1.54) is 25.7 Å². The van der Waals surface area contributed by atoms with Gasteiger partial charge in [0.1, 0.15) is 0 Å². The van der Waals surface area contributed by atoms with Crippen LogP contribution in [0.5, 0.6) is 0 Å². The number of hydrogen-bond acceptors (Lipinski definition) is 3. The van der Waals surface area contributed by atoms with Crippen LogP contribution in [-0.2, 0) is 11.4 Å². The Morgan fingerprint density at radius 2 is 2.24 bits per heavy atom. The molecule has 0 radical (unpaired) electrons. The van der Waals surface area contributed by atoms with Gasteiger partial charge in [-0.3, -0.25) is 4.68 Å². The van der Waals surface area contributed by atoms with E-state index < -0.39 is 0 Å². The van der Waals surface area contributed by atoms with Crippen molar-refractivity contribution >= 4 is 0 Å². The highest BCUT2D eigenvalue weighted by atomic mass is 16.6. The summed E-state index contributed by atoms with van der Waals surface area (Å²) in [4.78, 5) is 5.33. The van der Waals surface area contributed by atoms with Crippen LogP contribution in [0.2, 0.25) is 0 Å². The molecule has 1 aromatic rings. The molecule has 1 aliphatic rings. The average Bonchev–Trinajstić information content (AvgIpc) is 2.94. The molecule has 4 nitrogen and oxygen atoms in total. The van der Waals surface area contributed by atoms with E-state index in [1.807, 2.05) is 0 Å². The van der Waals surface area contributed by atoms with E-state index in [0.29, 0.717) is 18.5 Å². The molecule has 1 N–H and O–H groups in total. The minimum absolute atomic E-state index is 0.554. The molecule has 0 aliphatic heterocycles. The average molecular weight is 237 g/mol. The molecule has 0 amide bonds. The number of aromatic nitrogens is 2. The summed E-state index contributed by atoms with van der Waals surface area (Å²) in [5, 5.41) is 4.58. The Kier molecular flexibility index (Phi) is 4.57. The Bertz CT molecular complexity index is 329. The Morgan fingerprint density at radius 3 is 2.94 bits per heavy atom. The molecule has 1 aromatic heterocycles. The van der Waals surface area contributed by atoms with Crippen LogP contribution in [0.4, 0.5) is 0 Å². The van der Waals surface area contributed by atoms with E-state index in [9.17, 15) is 0 Å². The summed E-state index contributed by atoms with van der Waals surface area (Å²) in [6.45, 7) is 5.70. The summed E-state index contributed by atoms with van der Waals surface area (Å²) in [5.41, 5.74) is 4.02. The van der Waals surface area contributed by atoms with Crippen LogP contribution >= 0.6 is 0 Å². The van der Waals surface area contributed by atoms with Gasteiger partial charge >= 0.3 is 0 Å². The first kappa shape index (κ1) is 12.6. The highest BCUT2D eigenvalue weighted by Gasteiger charge is 2.17. The molecule has 17 heavy (non-hydrogen) atoms. The normalized spacial score (nSPS) is 17.1. The molecule has 2 rings (SSSR count). The molecule has 0 aromatic carbocycles. The molecule has 96 valence electrons. The Morgan fingerprint density at radius 1 is 1.47 bits per heavy atom. The van der Waals surface area contributed by atoms with Crippen LogP contribution in [-0.4, -0.2) is 16.4 Å². The Hall–Kier alpha value is -0.870. The van der Waals surface area contributed by atoms with Gasteiger partial charge in [-0.25, -0.2) is 0 Å². The fraction of sp³-hybridized carbons (Fsp3) is 0.769. The van der Waals surface area contributed by atoms with Gasteiger partial charge in [-0.2, -0.15) is 10.6 Å². The van der Waals surface area contributed by atoms with Crippen molar-refractivity contribution < 1.29 is 4.84 Å². The summed E-state index contributed by atoms with van der Waals surface area (Å²) >= 11 is 0. The predicted molar refractivity (Wildman–Crippen MR) is 67.4 cm³/mol. The first-order chi connectivity index (χ1) is 8.25. The van der Waals surface area contributed by atoms with Gasteiger partial charge in [0.05, 0.1) is 24.9 Å². The molecule has 1 aliphatic carbocycles. The monoisotopic (exact) mass is 237 g/mol. The van der Waals surface area contributed by atoms with E-state index in [2.05, 4.69) is 41.4 Å². The van der Waals surface area contributed by atoms with Crippen LogP contribution in [0.25, 0.3) is 0 Å². The van der Waals surface area contributed by atoms with Gasteiger partial charge in [0.2, 0.25) is 0 Å². The largest absolute Gasteiger partial charge is 0.301 e. The lowest BCUT2D eigenvalue weighted by Crippen LogP contribution is -2.18. The maximum absolute atomic E-state index is 5.33. The number of hydroxylamine groups is 1. The van der Waals surface area contributed by atoms with Crippen molar-refractivity contribution in [1.82, 2.24) is 15.3 Å². The van der Waals surface area contributed by atoms with Gasteiger partial charge in [0.15, 0.2) is 0 Å². The van der Waals surface area contributed by atoms with Crippen molar-refractivity contribution in [1.29, 1.82) is 0 Å². The molecule has 0 atom stereocenters. The predicted octanol–water partition coefficient (Wildman–Crippen LogP) is 2.68. The third-order valence-electron chi connectivity index (χ3n) is 3.13. The molecule has 0 unspecified atom stereocenters. The number of hydrogen-bond donors (Lipinski definition) is 1. The van der Waals surface area contributed by atoms with E-state index in [1.54, 1.807) is 0 Å². The summed E-state index contributed by atoms with van der Waals surface area (Å²) in [6.07, 6.45) is 7.33. The molecule has 1 saturated carbocycles. The topological polar surface area (TPSA) is 39.1 Å². The molecule has 0 saturated heterocycles. The third-order valence-corrected chi connectivity index (χ3v) is 3.13. The fourth-order valence-corrected chi connectivity index (χ4v) is 2.19. The van der Waals surface area contributed by atoms with Gasteiger partial charge in [-0.05, 0) is 24.8 Å². The van der Waals surface area contributed by atoms with E-state index in [0.717, 1.165) is 12.3 Å². The summed E-state index contributed by atoms with van der Waals surface area (Å²) < 4.78 is 2.12. The van der Waals surface area contributed by atoms with Gasteiger partial charge in [-0.15, -0.1) is 0 Å². The zero-order valence-electron chi connectivity index (χ0n) is 10.9. The van der Waals surface area contributed by atoms with Crippen molar-refractivity contribution in [3.63, 3.8) is 0 Å². The van der Waals surface area contributed by atoms with E-state index in [-0.39, 0.29) is 0 Å². The first-order valence-electron chi connectivity index (χ1n) is 6.64. The fourth-order valence-electron chi connectivity index (χ4n) is 2.19. The van der Waals surface area contributed by atoms with Crippen LogP contribution in [0.15, 0.2) is 12.3 Å². The van der Waals surface area contributed by atoms with Crippen LogP contribution in [0.1, 0.15) is 51.3 Å². The van der Waals surface area contributed by atoms with Crippen molar-refractivity contribution in [2.75, 3.05) is 6.61 Å². The third kappa shape index (κ3) is 3.82. The van der Waals surface area contributed by atoms with Gasteiger partial charge < -0.3 is 4.84 Å². The van der Waals surface area contributed by atoms with Crippen molar-refractivity contribution in [2.45, 2.75) is 52.1 Å². The summed E-state index contributed by atoms with van der Waals surface area (Å²) in [5.74, 6) is 0.554. The zero-order valence-corrected chi connectivity index (χ0v) is 10.9. The van der Waals surface area contributed by atoms with Crippen LogP contribution in [0, 0.1) is 5.92 Å². The van der Waals surface area contributed by atoms with Gasteiger partial charge in [0.25, 0.3) is 0 Å². The second-order valence-electron chi connectivity index (χ2n) is 5.25. The van der Waals surface area contributed by atoms with Crippen LogP contribution in [0.3, 0.4) is 0 Å². The summed E-state index contributed by atoms with van der Waals surface area (Å²) in [6, 6.07) is 2.70. The molecule has 0 spiro atoms. The standard InChI is InChI=1S/C13H23N3O/c1-11(2)10-17-14-9-12-7-8-16(15-12)13-5-3-4-6-13/h7-8,11,13-14H,3-6,9-10H2,1-2H3. The quantitative estimate of drug-likeness (QED) is 0.610. The lowest BCUT2D eigenvalue weighted by atomic mass is 10.2. The highest BCUT2D eigenvalue weighted by molar-refractivity contribution is 4.99. The van der Waals surface area contributed by atoms with Crippen LogP contribution < -0.4 is 5.48 Å².